The topological polar surface area (TPSA) is 40.5 Å². The SMILES string of the molecule is CCCCCCCC(O)CC(=O)N(CC)CC. The van der Waals surface area contributed by atoms with Gasteiger partial charge in [-0.3, -0.25) is 4.79 Å². The fourth-order valence-corrected chi connectivity index (χ4v) is 1.99. The highest BCUT2D eigenvalue weighted by atomic mass is 16.3. The van der Waals surface area contributed by atoms with E-state index < -0.39 is 6.10 Å². The molecule has 0 aromatic rings. The van der Waals surface area contributed by atoms with Gasteiger partial charge in [-0.15, -0.1) is 0 Å². The molecule has 17 heavy (non-hydrogen) atoms. The molecule has 0 aromatic carbocycles. The van der Waals surface area contributed by atoms with E-state index in [0.29, 0.717) is 0 Å². The minimum atomic E-state index is -0.454. The number of aliphatic hydroxyl groups excluding tert-OH is 1. The van der Waals surface area contributed by atoms with Crippen molar-refractivity contribution in [3.8, 4) is 0 Å². The molecular weight excluding hydrogens is 214 g/mol. The summed E-state index contributed by atoms with van der Waals surface area (Å²) in [5.41, 5.74) is 0. The van der Waals surface area contributed by atoms with Crippen LogP contribution in [0.15, 0.2) is 0 Å². The summed E-state index contributed by atoms with van der Waals surface area (Å²) in [6, 6.07) is 0. The first-order chi connectivity index (χ1) is 8.15. The fraction of sp³-hybridized carbons (Fsp3) is 0.929. The summed E-state index contributed by atoms with van der Waals surface area (Å²) >= 11 is 0. The van der Waals surface area contributed by atoms with Gasteiger partial charge in [0.1, 0.15) is 0 Å². The molecule has 3 heteroatoms. The summed E-state index contributed by atoms with van der Waals surface area (Å²) in [6.07, 6.45) is 6.55. The van der Waals surface area contributed by atoms with E-state index in [1.54, 1.807) is 4.90 Å². The lowest BCUT2D eigenvalue weighted by Crippen LogP contribution is -2.33. The first-order valence-electron chi connectivity index (χ1n) is 7.11. The van der Waals surface area contributed by atoms with Crippen LogP contribution in [-0.4, -0.2) is 35.1 Å². The maximum Gasteiger partial charge on any atom is 0.225 e. The standard InChI is InChI=1S/C14H29NO2/c1-4-7-8-9-10-11-13(16)12-14(17)15(5-2)6-3/h13,16H,4-12H2,1-3H3. The molecule has 0 spiro atoms. The number of hydrogen-bond acceptors (Lipinski definition) is 2. The molecule has 0 aliphatic rings. The molecule has 3 nitrogen and oxygen atoms in total. The number of hydrogen-bond donors (Lipinski definition) is 1. The monoisotopic (exact) mass is 243 g/mol. The van der Waals surface area contributed by atoms with Crippen LogP contribution >= 0.6 is 0 Å². The zero-order chi connectivity index (χ0) is 13.1. The second-order valence-corrected chi connectivity index (χ2v) is 4.63. The highest BCUT2D eigenvalue weighted by Crippen LogP contribution is 2.10. The lowest BCUT2D eigenvalue weighted by Gasteiger charge is -2.20. The predicted molar refractivity (Wildman–Crippen MR) is 71.9 cm³/mol. The van der Waals surface area contributed by atoms with Crippen molar-refractivity contribution >= 4 is 5.91 Å². The number of unbranched alkanes of at least 4 members (excludes halogenated alkanes) is 4. The van der Waals surface area contributed by atoms with Gasteiger partial charge in [-0.1, -0.05) is 39.0 Å². The number of nitrogens with zero attached hydrogens (tertiary/aromatic N) is 1. The van der Waals surface area contributed by atoms with Crippen molar-refractivity contribution in [1.29, 1.82) is 0 Å². The summed E-state index contributed by atoms with van der Waals surface area (Å²) in [7, 11) is 0. The molecule has 1 unspecified atom stereocenters. The Labute approximate surface area is 106 Å². The van der Waals surface area contributed by atoms with E-state index in [2.05, 4.69) is 6.92 Å². The molecule has 0 radical (unpaired) electrons. The maximum atomic E-state index is 11.7. The molecule has 1 N–H and O–H groups in total. The Morgan fingerprint density at radius 3 is 2.18 bits per heavy atom. The molecule has 0 aliphatic heterocycles. The van der Waals surface area contributed by atoms with E-state index in [1.165, 1.54) is 25.7 Å². The minimum Gasteiger partial charge on any atom is -0.393 e. The van der Waals surface area contributed by atoms with Crippen LogP contribution in [0.2, 0.25) is 0 Å². The van der Waals surface area contributed by atoms with Crippen molar-refractivity contribution in [2.24, 2.45) is 0 Å². The van der Waals surface area contributed by atoms with Gasteiger partial charge in [0.05, 0.1) is 12.5 Å². The van der Waals surface area contributed by atoms with Crippen LogP contribution in [0, 0.1) is 0 Å². The molecule has 1 atom stereocenters. The van der Waals surface area contributed by atoms with Gasteiger partial charge in [0.2, 0.25) is 5.91 Å². The van der Waals surface area contributed by atoms with Gasteiger partial charge in [-0.25, -0.2) is 0 Å². The Morgan fingerprint density at radius 2 is 1.65 bits per heavy atom. The first-order valence-corrected chi connectivity index (χ1v) is 7.11. The second-order valence-electron chi connectivity index (χ2n) is 4.63. The van der Waals surface area contributed by atoms with Gasteiger partial charge >= 0.3 is 0 Å². The number of aliphatic hydroxyl groups is 1. The zero-order valence-corrected chi connectivity index (χ0v) is 11.7. The van der Waals surface area contributed by atoms with Crippen LogP contribution in [0.25, 0.3) is 0 Å². The maximum absolute atomic E-state index is 11.7. The van der Waals surface area contributed by atoms with E-state index in [1.807, 2.05) is 13.8 Å². The molecule has 0 fully saturated rings. The lowest BCUT2D eigenvalue weighted by atomic mass is 10.1. The molecule has 0 saturated carbocycles. The Bertz CT molecular complexity index is 191. The average molecular weight is 243 g/mol. The Hall–Kier alpha value is -0.570. The van der Waals surface area contributed by atoms with Crippen molar-refractivity contribution in [3.63, 3.8) is 0 Å². The van der Waals surface area contributed by atoms with Crippen molar-refractivity contribution in [2.45, 2.75) is 71.8 Å². The van der Waals surface area contributed by atoms with Crippen molar-refractivity contribution in [1.82, 2.24) is 4.90 Å². The summed E-state index contributed by atoms with van der Waals surface area (Å²) in [5.74, 6) is 0.0797. The van der Waals surface area contributed by atoms with Gasteiger partial charge in [0, 0.05) is 13.1 Å². The van der Waals surface area contributed by atoms with Crippen LogP contribution in [0.5, 0.6) is 0 Å². The van der Waals surface area contributed by atoms with E-state index in [4.69, 9.17) is 0 Å². The highest BCUT2D eigenvalue weighted by Gasteiger charge is 2.14. The highest BCUT2D eigenvalue weighted by molar-refractivity contribution is 5.76. The van der Waals surface area contributed by atoms with Gasteiger partial charge < -0.3 is 10.0 Å². The Balaban J connectivity index is 3.63. The smallest absolute Gasteiger partial charge is 0.225 e. The second kappa shape index (κ2) is 10.6. The number of carbonyl (C=O) groups is 1. The number of rotatable bonds is 10. The molecule has 0 rings (SSSR count). The Morgan fingerprint density at radius 1 is 1.06 bits per heavy atom. The molecular formula is C14H29NO2. The van der Waals surface area contributed by atoms with Crippen LogP contribution in [0.3, 0.4) is 0 Å². The third-order valence-corrected chi connectivity index (χ3v) is 3.17. The summed E-state index contributed by atoms with van der Waals surface area (Å²) in [5, 5.41) is 9.77. The molecule has 0 saturated heterocycles. The van der Waals surface area contributed by atoms with E-state index in [0.717, 1.165) is 25.9 Å². The van der Waals surface area contributed by atoms with Crippen LogP contribution in [-0.2, 0) is 4.79 Å². The minimum absolute atomic E-state index is 0.0797. The zero-order valence-electron chi connectivity index (χ0n) is 11.7. The fourth-order valence-electron chi connectivity index (χ4n) is 1.99. The van der Waals surface area contributed by atoms with Gasteiger partial charge in [-0.2, -0.15) is 0 Å². The van der Waals surface area contributed by atoms with E-state index in [9.17, 15) is 9.90 Å². The van der Waals surface area contributed by atoms with E-state index >= 15 is 0 Å². The van der Waals surface area contributed by atoms with Crippen LogP contribution < -0.4 is 0 Å². The molecule has 0 heterocycles. The summed E-state index contributed by atoms with van der Waals surface area (Å²) in [4.78, 5) is 13.5. The molecule has 0 aromatic heterocycles. The summed E-state index contributed by atoms with van der Waals surface area (Å²) in [6.45, 7) is 7.60. The molecule has 102 valence electrons. The van der Waals surface area contributed by atoms with Gasteiger partial charge in [0.15, 0.2) is 0 Å². The van der Waals surface area contributed by atoms with Gasteiger partial charge in [0.25, 0.3) is 0 Å². The third kappa shape index (κ3) is 8.19. The quantitative estimate of drug-likeness (QED) is 0.599. The average Bonchev–Trinajstić information content (AvgIpc) is 2.30. The largest absolute Gasteiger partial charge is 0.393 e. The third-order valence-electron chi connectivity index (χ3n) is 3.17. The molecule has 0 aliphatic carbocycles. The number of carbonyl (C=O) groups excluding carboxylic acids is 1. The normalized spacial score (nSPS) is 12.5. The Kier molecular flexibility index (Phi) is 10.2. The van der Waals surface area contributed by atoms with Crippen molar-refractivity contribution in [3.05, 3.63) is 0 Å². The lowest BCUT2D eigenvalue weighted by molar-refractivity contribution is -0.132. The van der Waals surface area contributed by atoms with Crippen molar-refractivity contribution in [2.75, 3.05) is 13.1 Å². The predicted octanol–water partition coefficient (Wildman–Crippen LogP) is 2.97. The van der Waals surface area contributed by atoms with E-state index in [-0.39, 0.29) is 12.3 Å². The van der Waals surface area contributed by atoms with Gasteiger partial charge in [-0.05, 0) is 20.3 Å². The number of amides is 1. The van der Waals surface area contributed by atoms with Crippen molar-refractivity contribution < 1.29 is 9.90 Å². The first kappa shape index (κ1) is 16.4. The van der Waals surface area contributed by atoms with Crippen LogP contribution in [0.1, 0.15) is 65.7 Å². The molecule has 1 amide bonds. The van der Waals surface area contributed by atoms with Crippen LogP contribution in [0.4, 0.5) is 0 Å². The summed E-state index contributed by atoms with van der Waals surface area (Å²) < 4.78 is 0. The molecule has 0 bridgehead atoms.